The SMILES string of the molecule is O=C(O)c1cc2nc(Nc3ccc(Cl)cc3)c3ccncc3n2n1. The second-order valence-corrected chi connectivity index (χ2v) is 5.53. The maximum atomic E-state index is 11.2. The van der Waals surface area contributed by atoms with Gasteiger partial charge in [-0.05, 0) is 30.3 Å². The quantitative estimate of drug-likeness (QED) is 0.594. The molecule has 7 nitrogen and oxygen atoms in total. The van der Waals surface area contributed by atoms with E-state index >= 15 is 0 Å². The molecule has 0 radical (unpaired) electrons. The van der Waals surface area contributed by atoms with Gasteiger partial charge in [-0.2, -0.15) is 5.10 Å². The Balaban J connectivity index is 1.92. The van der Waals surface area contributed by atoms with Crippen LogP contribution in [0.3, 0.4) is 0 Å². The molecule has 8 heteroatoms. The molecule has 0 atom stereocenters. The van der Waals surface area contributed by atoms with E-state index in [1.165, 1.54) is 10.6 Å². The smallest absolute Gasteiger partial charge is 0.356 e. The summed E-state index contributed by atoms with van der Waals surface area (Å²) < 4.78 is 1.47. The van der Waals surface area contributed by atoms with Crippen LogP contribution in [0, 0.1) is 0 Å². The Kier molecular flexibility index (Phi) is 3.28. The van der Waals surface area contributed by atoms with Crippen molar-refractivity contribution in [3.63, 3.8) is 0 Å². The molecular formula is C16H10ClN5O2. The number of fused-ring (bicyclic) bond motifs is 3. The lowest BCUT2D eigenvalue weighted by atomic mass is 10.2. The maximum absolute atomic E-state index is 11.2. The molecule has 0 spiro atoms. The number of anilines is 2. The van der Waals surface area contributed by atoms with Crippen molar-refractivity contribution in [1.82, 2.24) is 19.6 Å². The van der Waals surface area contributed by atoms with E-state index in [0.29, 0.717) is 22.0 Å². The predicted octanol–water partition coefficient (Wildman–Crippen LogP) is 3.37. The van der Waals surface area contributed by atoms with E-state index in [4.69, 9.17) is 16.7 Å². The Morgan fingerprint density at radius 1 is 1.21 bits per heavy atom. The van der Waals surface area contributed by atoms with Gasteiger partial charge < -0.3 is 10.4 Å². The number of hydrogen-bond acceptors (Lipinski definition) is 5. The number of benzene rings is 1. The molecule has 0 aliphatic carbocycles. The van der Waals surface area contributed by atoms with Gasteiger partial charge in [-0.15, -0.1) is 0 Å². The van der Waals surface area contributed by atoms with Crippen molar-refractivity contribution < 1.29 is 9.90 Å². The standard InChI is InChI=1S/C16H10ClN5O2/c17-9-1-3-10(4-2-9)19-15-11-5-6-18-8-13(11)22-14(20-15)7-12(21-22)16(23)24/h1-8H,(H,19,20)(H,23,24). The van der Waals surface area contributed by atoms with E-state index in [1.807, 2.05) is 12.1 Å². The minimum atomic E-state index is -1.11. The molecule has 3 heterocycles. The van der Waals surface area contributed by atoms with Crippen LogP contribution >= 0.6 is 11.6 Å². The number of halogens is 1. The Morgan fingerprint density at radius 3 is 2.75 bits per heavy atom. The summed E-state index contributed by atoms with van der Waals surface area (Å²) in [5.74, 6) is -0.524. The molecule has 1 aromatic carbocycles. The maximum Gasteiger partial charge on any atom is 0.356 e. The molecule has 4 rings (SSSR count). The van der Waals surface area contributed by atoms with E-state index in [-0.39, 0.29) is 5.69 Å². The minimum absolute atomic E-state index is 0.0729. The number of pyridine rings is 1. The van der Waals surface area contributed by atoms with Gasteiger partial charge in [0.05, 0.1) is 11.7 Å². The number of aromatic nitrogens is 4. The van der Waals surface area contributed by atoms with Gasteiger partial charge in [0.25, 0.3) is 0 Å². The zero-order valence-electron chi connectivity index (χ0n) is 12.1. The van der Waals surface area contributed by atoms with Crippen LogP contribution in [0.1, 0.15) is 10.5 Å². The number of carbonyl (C=O) groups is 1. The molecule has 2 N–H and O–H groups in total. The van der Waals surface area contributed by atoms with Gasteiger partial charge in [0.15, 0.2) is 11.3 Å². The lowest BCUT2D eigenvalue weighted by Gasteiger charge is -2.10. The number of nitrogens with one attached hydrogen (secondary N) is 1. The first kappa shape index (κ1) is 14.4. The number of nitrogens with zero attached hydrogens (tertiary/aromatic N) is 4. The van der Waals surface area contributed by atoms with Crippen LogP contribution in [0.4, 0.5) is 11.5 Å². The molecular weight excluding hydrogens is 330 g/mol. The Bertz CT molecular complexity index is 1080. The van der Waals surface area contributed by atoms with Crippen LogP contribution in [0.5, 0.6) is 0 Å². The molecule has 3 aromatic heterocycles. The highest BCUT2D eigenvalue weighted by molar-refractivity contribution is 6.30. The second-order valence-electron chi connectivity index (χ2n) is 5.09. The monoisotopic (exact) mass is 339 g/mol. The van der Waals surface area contributed by atoms with Crippen LogP contribution in [-0.4, -0.2) is 30.7 Å². The highest BCUT2D eigenvalue weighted by atomic mass is 35.5. The number of hydrogen-bond donors (Lipinski definition) is 2. The third-order valence-corrected chi connectivity index (χ3v) is 3.78. The van der Waals surface area contributed by atoms with Gasteiger partial charge in [-0.3, -0.25) is 4.98 Å². The topological polar surface area (TPSA) is 92.4 Å². The summed E-state index contributed by atoms with van der Waals surface area (Å²) >= 11 is 5.90. The first-order valence-corrected chi connectivity index (χ1v) is 7.39. The van der Waals surface area contributed by atoms with Crippen molar-refractivity contribution in [3.8, 4) is 0 Å². The van der Waals surface area contributed by atoms with Crippen molar-refractivity contribution in [3.05, 3.63) is 59.5 Å². The summed E-state index contributed by atoms with van der Waals surface area (Å²) in [6, 6.07) is 10.4. The highest BCUT2D eigenvalue weighted by Crippen LogP contribution is 2.26. The summed E-state index contributed by atoms with van der Waals surface area (Å²) in [5.41, 5.74) is 1.82. The van der Waals surface area contributed by atoms with Gasteiger partial charge >= 0.3 is 5.97 Å². The molecule has 0 fully saturated rings. The fourth-order valence-corrected chi connectivity index (χ4v) is 2.55. The van der Waals surface area contributed by atoms with E-state index in [9.17, 15) is 4.79 Å². The molecule has 0 bridgehead atoms. The van der Waals surface area contributed by atoms with Gasteiger partial charge in [0, 0.05) is 28.4 Å². The highest BCUT2D eigenvalue weighted by Gasteiger charge is 2.14. The first-order chi connectivity index (χ1) is 11.6. The van der Waals surface area contributed by atoms with E-state index in [0.717, 1.165) is 11.1 Å². The zero-order chi connectivity index (χ0) is 16.7. The van der Waals surface area contributed by atoms with Crippen molar-refractivity contribution in [1.29, 1.82) is 0 Å². The van der Waals surface area contributed by atoms with Crippen LogP contribution in [0.25, 0.3) is 16.6 Å². The molecule has 0 saturated carbocycles. The van der Waals surface area contributed by atoms with Crippen molar-refractivity contribution in [2.24, 2.45) is 0 Å². The normalized spacial score (nSPS) is 11.0. The summed E-state index contributed by atoms with van der Waals surface area (Å²) in [7, 11) is 0. The number of rotatable bonds is 3. The van der Waals surface area contributed by atoms with Crippen LogP contribution in [-0.2, 0) is 0 Å². The minimum Gasteiger partial charge on any atom is -0.476 e. The summed E-state index contributed by atoms with van der Waals surface area (Å²) in [6.07, 6.45) is 3.26. The largest absolute Gasteiger partial charge is 0.476 e. The molecule has 118 valence electrons. The zero-order valence-corrected chi connectivity index (χ0v) is 12.9. The second kappa shape index (κ2) is 5.47. The summed E-state index contributed by atoms with van der Waals surface area (Å²) in [5, 5.41) is 17.8. The lowest BCUT2D eigenvalue weighted by molar-refractivity contribution is 0.0690. The molecule has 0 aliphatic rings. The number of aromatic carboxylic acids is 1. The Hall–Kier alpha value is -3.19. The fraction of sp³-hybridized carbons (Fsp3) is 0. The number of carboxylic acid groups (broad SMARTS) is 1. The van der Waals surface area contributed by atoms with Crippen LogP contribution in [0.2, 0.25) is 5.02 Å². The van der Waals surface area contributed by atoms with Gasteiger partial charge in [0.1, 0.15) is 5.82 Å². The van der Waals surface area contributed by atoms with Crippen molar-refractivity contribution >= 4 is 45.6 Å². The summed E-state index contributed by atoms with van der Waals surface area (Å²) in [6.45, 7) is 0. The van der Waals surface area contributed by atoms with Gasteiger partial charge in [0.2, 0.25) is 0 Å². The molecule has 0 aliphatic heterocycles. The van der Waals surface area contributed by atoms with Crippen LogP contribution < -0.4 is 5.32 Å². The molecule has 0 amide bonds. The van der Waals surface area contributed by atoms with Gasteiger partial charge in [-0.1, -0.05) is 11.6 Å². The Morgan fingerprint density at radius 2 is 2.00 bits per heavy atom. The average molecular weight is 340 g/mol. The molecule has 4 aromatic rings. The molecule has 24 heavy (non-hydrogen) atoms. The van der Waals surface area contributed by atoms with E-state index < -0.39 is 5.97 Å². The predicted molar refractivity (Wildman–Crippen MR) is 90.0 cm³/mol. The third kappa shape index (κ3) is 2.40. The van der Waals surface area contributed by atoms with Crippen molar-refractivity contribution in [2.75, 3.05) is 5.32 Å². The van der Waals surface area contributed by atoms with E-state index in [1.54, 1.807) is 30.6 Å². The number of carboxylic acids is 1. The fourth-order valence-electron chi connectivity index (χ4n) is 2.43. The third-order valence-electron chi connectivity index (χ3n) is 3.53. The first-order valence-electron chi connectivity index (χ1n) is 7.01. The van der Waals surface area contributed by atoms with Crippen LogP contribution in [0.15, 0.2) is 48.8 Å². The molecule has 0 unspecified atom stereocenters. The Labute approximate surface area is 140 Å². The van der Waals surface area contributed by atoms with Crippen molar-refractivity contribution in [2.45, 2.75) is 0 Å². The molecule has 0 saturated heterocycles. The van der Waals surface area contributed by atoms with E-state index in [2.05, 4.69) is 20.4 Å². The average Bonchev–Trinajstić information content (AvgIpc) is 3.02. The van der Waals surface area contributed by atoms with Gasteiger partial charge in [-0.25, -0.2) is 14.3 Å². The lowest BCUT2D eigenvalue weighted by Crippen LogP contribution is -2.01. The summed E-state index contributed by atoms with van der Waals surface area (Å²) in [4.78, 5) is 19.8.